The van der Waals surface area contributed by atoms with Gasteiger partial charge in [0, 0.05) is 14.5 Å². The van der Waals surface area contributed by atoms with Gasteiger partial charge in [0.2, 0.25) is 0 Å². The van der Waals surface area contributed by atoms with Crippen molar-refractivity contribution in [2.75, 3.05) is 0 Å². The Morgan fingerprint density at radius 1 is 0.920 bits per heavy atom. The molecule has 140 valence electrons. The molecule has 1 N–H and O–H groups in total. The minimum absolute atomic E-state index is 0.101. The van der Waals surface area contributed by atoms with Crippen molar-refractivity contribution in [2.24, 2.45) is 0 Å². The number of unbranched alkanes of at least 4 members (excludes halogenated alkanes) is 9. The summed E-state index contributed by atoms with van der Waals surface area (Å²) >= 11 is 6.96. The van der Waals surface area contributed by atoms with E-state index in [9.17, 15) is 4.79 Å². The van der Waals surface area contributed by atoms with E-state index in [4.69, 9.17) is 5.11 Å². The monoisotopic (exact) mass is 472 g/mol. The Bertz CT molecular complexity index is 544. The summed E-state index contributed by atoms with van der Waals surface area (Å²) in [7, 11) is 0. The Labute approximate surface area is 169 Å². The molecule has 1 aromatic rings. The second kappa shape index (κ2) is 12.7. The van der Waals surface area contributed by atoms with Gasteiger partial charge in [0.25, 0.3) is 0 Å². The van der Waals surface area contributed by atoms with Gasteiger partial charge in [-0.1, -0.05) is 103 Å². The van der Waals surface area contributed by atoms with Gasteiger partial charge >= 0.3 is 5.97 Å². The van der Waals surface area contributed by atoms with Crippen molar-refractivity contribution < 1.29 is 9.90 Å². The number of carboxylic acids is 1. The molecule has 0 bridgehead atoms. The summed E-state index contributed by atoms with van der Waals surface area (Å²) in [4.78, 5) is 11.1. The molecule has 0 radical (unpaired) electrons. The molecule has 0 aliphatic carbocycles. The standard InChI is InChI=1S/C21H30Br2O2/c1-3-4-5-6-7-8-9-10-11-12-13-17-14-18(22)20(19(23)15-17)16(2)21(24)25/h14-15H,2-13H2,1H3,(H,24,25). The van der Waals surface area contributed by atoms with E-state index < -0.39 is 5.97 Å². The maximum absolute atomic E-state index is 11.1. The van der Waals surface area contributed by atoms with Crippen molar-refractivity contribution in [3.63, 3.8) is 0 Å². The SMILES string of the molecule is C=C(C(=O)O)c1c(Br)cc(CCCCCCCCCCCC)cc1Br. The van der Waals surface area contributed by atoms with Crippen molar-refractivity contribution >= 4 is 43.4 Å². The van der Waals surface area contributed by atoms with Gasteiger partial charge in [-0.05, 0) is 30.5 Å². The molecular weight excluding hydrogens is 444 g/mol. The lowest BCUT2D eigenvalue weighted by Crippen LogP contribution is -2.01. The summed E-state index contributed by atoms with van der Waals surface area (Å²) in [6, 6.07) is 4.03. The number of aliphatic carboxylic acids is 1. The zero-order chi connectivity index (χ0) is 18.7. The van der Waals surface area contributed by atoms with E-state index in [0.717, 1.165) is 15.4 Å². The van der Waals surface area contributed by atoms with Gasteiger partial charge in [0.15, 0.2) is 0 Å². The molecule has 4 heteroatoms. The van der Waals surface area contributed by atoms with Crippen LogP contribution in [0.2, 0.25) is 0 Å². The highest BCUT2D eigenvalue weighted by Gasteiger charge is 2.15. The summed E-state index contributed by atoms with van der Waals surface area (Å²) in [5.74, 6) is -0.996. The quantitative estimate of drug-likeness (QED) is 0.234. The molecule has 0 atom stereocenters. The molecule has 25 heavy (non-hydrogen) atoms. The van der Waals surface area contributed by atoms with Crippen molar-refractivity contribution in [2.45, 2.75) is 77.6 Å². The first-order valence-corrected chi connectivity index (χ1v) is 11.0. The Morgan fingerprint density at radius 3 is 1.80 bits per heavy atom. The van der Waals surface area contributed by atoms with E-state index in [2.05, 4.69) is 45.4 Å². The molecule has 0 saturated carbocycles. The number of carbonyl (C=O) groups is 1. The predicted molar refractivity (Wildman–Crippen MR) is 114 cm³/mol. The summed E-state index contributed by atoms with van der Waals surface area (Å²) in [5.41, 5.74) is 1.95. The van der Waals surface area contributed by atoms with Gasteiger partial charge in [-0.15, -0.1) is 0 Å². The van der Waals surface area contributed by atoms with Crippen LogP contribution in [0.1, 0.15) is 82.3 Å². The van der Waals surface area contributed by atoms with Gasteiger partial charge in [-0.2, -0.15) is 0 Å². The maximum Gasteiger partial charge on any atom is 0.335 e. The maximum atomic E-state index is 11.1. The molecule has 0 spiro atoms. The second-order valence-corrected chi connectivity index (χ2v) is 8.36. The van der Waals surface area contributed by atoms with Gasteiger partial charge in [-0.3, -0.25) is 0 Å². The lowest BCUT2D eigenvalue weighted by Gasteiger charge is -2.10. The second-order valence-electron chi connectivity index (χ2n) is 6.65. The number of hydrogen-bond donors (Lipinski definition) is 1. The Morgan fingerprint density at radius 2 is 1.36 bits per heavy atom. The third-order valence-corrected chi connectivity index (χ3v) is 5.73. The molecule has 1 rings (SSSR count). The van der Waals surface area contributed by atoms with Crippen LogP contribution in [0, 0.1) is 0 Å². The third kappa shape index (κ3) is 8.54. The Balaban J connectivity index is 2.30. The van der Waals surface area contributed by atoms with E-state index in [1.54, 1.807) is 0 Å². The smallest absolute Gasteiger partial charge is 0.335 e. The number of benzene rings is 1. The first-order valence-electron chi connectivity index (χ1n) is 9.37. The lowest BCUT2D eigenvalue weighted by molar-refractivity contribution is -0.130. The van der Waals surface area contributed by atoms with Crippen molar-refractivity contribution in [1.29, 1.82) is 0 Å². The van der Waals surface area contributed by atoms with Gasteiger partial charge in [-0.25, -0.2) is 4.79 Å². The highest BCUT2D eigenvalue weighted by atomic mass is 79.9. The highest BCUT2D eigenvalue weighted by molar-refractivity contribution is 9.11. The van der Waals surface area contributed by atoms with Crippen LogP contribution in [0.3, 0.4) is 0 Å². The fraction of sp³-hybridized carbons (Fsp3) is 0.571. The highest BCUT2D eigenvalue weighted by Crippen LogP contribution is 2.33. The molecule has 0 aliphatic heterocycles. The Hall–Kier alpha value is -0.610. The molecule has 0 aromatic heterocycles. The van der Waals surface area contributed by atoms with E-state index >= 15 is 0 Å². The molecule has 0 fully saturated rings. The number of rotatable bonds is 13. The molecule has 1 aromatic carbocycles. The normalized spacial score (nSPS) is 10.8. The zero-order valence-electron chi connectivity index (χ0n) is 15.3. The van der Waals surface area contributed by atoms with Gasteiger partial charge < -0.3 is 5.11 Å². The molecule has 0 aliphatic rings. The fourth-order valence-electron chi connectivity index (χ4n) is 2.98. The van der Waals surface area contributed by atoms with Crippen LogP contribution in [0.15, 0.2) is 27.7 Å². The van der Waals surface area contributed by atoms with Gasteiger partial charge in [0.05, 0.1) is 5.57 Å². The molecule has 2 nitrogen and oxygen atoms in total. The van der Waals surface area contributed by atoms with E-state index in [1.165, 1.54) is 69.8 Å². The minimum Gasteiger partial charge on any atom is -0.478 e. The average Bonchev–Trinajstić information content (AvgIpc) is 2.55. The molecule has 0 heterocycles. The first kappa shape index (κ1) is 22.4. The number of halogens is 2. The minimum atomic E-state index is -0.996. The summed E-state index contributed by atoms with van der Waals surface area (Å²) in [6.07, 6.45) is 14.3. The average molecular weight is 474 g/mol. The van der Waals surface area contributed by atoms with Crippen molar-refractivity contribution in [3.8, 4) is 0 Å². The number of hydrogen-bond acceptors (Lipinski definition) is 1. The zero-order valence-corrected chi connectivity index (χ0v) is 18.4. The van der Waals surface area contributed by atoms with Crippen LogP contribution in [0.4, 0.5) is 0 Å². The first-order chi connectivity index (χ1) is 12.0. The van der Waals surface area contributed by atoms with Crippen LogP contribution in [0.25, 0.3) is 5.57 Å². The lowest BCUT2D eigenvalue weighted by atomic mass is 10.0. The molecular formula is C21H30Br2O2. The molecule has 0 amide bonds. The van der Waals surface area contributed by atoms with Crippen molar-refractivity contribution in [3.05, 3.63) is 38.8 Å². The van der Waals surface area contributed by atoms with Crippen LogP contribution < -0.4 is 0 Å². The van der Waals surface area contributed by atoms with E-state index in [-0.39, 0.29) is 5.57 Å². The Kier molecular flexibility index (Phi) is 11.4. The van der Waals surface area contributed by atoms with E-state index in [0.29, 0.717) is 5.56 Å². The largest absolute Gasteiger partial charge is 0.478 e. The van der Waals surface area contributed by atoms with Crippen LogP contribution in [-0.2, 0) is 11.2 Å². The van der Waals surface area contributed by atoms with Crippen molar-refractivity contribution in [1.82, 2.24) is 0 Å². The third-order valence-electron chi connectivity index (χ3n) is 4.48. The summed E-state index contributed by atoms with van der Waals surface area (Å²) in [5, 5.41) is 9.12. The van der Waals surface area contributed by atoms with Crippen LogP contribution in [0.5, 0.6) is 0 Å². The topological polar surface area (TPSA) is 37.3 Å². The predicted octanol–water partition coefficient (Wildman–Crippen LogP) is 7.77. The number of aryl methyl sites for hydroxylation is 1. The van der Waals surface area contributed by atoms with E-state index in [1.807, 2.05) is 12.1 Å². The summed E-state index contributed by atoms with van der Waals surface area (Å²) in [6.45, 7) is 5.90. The van der Waals surface area contributed by atoms with Gasteiger partial charge in [0.1, 0.15) is 0 Å². The fourth-order valence-corrected chi connectivity index (χ4v) is 4.74. The molecule has 0 saturated heterocycles. The molecule has 0 unspecified atom stereocenters. The summed E-state index contributed by atoms with van der Waals surface area (Å²) < 4.78 is 1.58. The van der Waals surface area contributed by atoms with Crippen LogP contribution in [-0.4, -0.2) is 11.1 Å². The number of carboxylic acid groups (broad SMARTS) is 1. The van der Waals surface area contributed by atoms with Crippen LogP contribution >= 0.6 is 31.9 Å².